The van der Waals surface area contributed by atoms with Crippen LogP contribution in [0, 0.1) is 12.8 Å². The molecule has 2 N–H and O–H groups in total. The Morgan fingerprint density at radius 2 is 1.79 bits per heavy atom. The van der Waals surface area contributed by atoms with Crippen LogP contribution in [0.2, 0.25) is 0 Å². The van der Waals surface area contributed by atoms with Crippen LogP contribution in [0.4, 0.5) is 0 Å². The number of likely N-dealkylation sites (tertiary alicyclic amines) is 1. The largest absolute Gasteiger partial charge is 0.338 e. The van der Waals surface area contributed by atoms with Gasteiger partial charge in [-0.2, -0.15) is 0 Å². The zero-order valence-electron chi connectivity index (χ0n) is 16.1. The smallest absolute Gasteiger partial charge is 0.255 e. The zero-order chi connectivity index (χ0) is 19.5. The fraction of sp³-hybridized carbons (Fsp3) is 0.250. The maximum Gasteiger partial charge on any atom is 0.255 e. The molecule has 0 aliphatic carbocycles. The number of hydrogen-bond acceptors (Lipinski definition) is 3. The van der Waals surface area contributed by atoms with Crippen molar-refractivity contribution in [3.63, 3.8) is 0 Å². The van der Waals surface area contributed by atoms with E-state index >= 15 is 0 Å². The second kappa shape index (κ2) is 7.95. The molecular weight excluding hydrogens is 346 g/mol. The number of hydrogen-bond donors (Lipinski definition) is 1. The van der Waals surface area contributed by atoms with Gasteiger partial charge in [-0.25, -0.2) is 0 Å². The highest BCUT2D eigenvalue weighted by Crippen LogP contribution is 2.33. The summed E-state index contributed by atoms with van der Waals surface area (Å²) in [7, 11) is 0. The van der Waals surface area contributed by atoms with Gasteiger partial charge in [-0.3, -0.25) is 9.78 Å². The first-order valence-corrected chi connectivity index (χ1v) is 9.72. The van der Waals surface area contributed by atoms with Crippen molar-refractivity contribution in [1.29, 1.82) is 0 Å². The molecule has 0 bridgehead atoms. The second-order valence-electron chi connectivity index (χ2n) is 7.55. The van der Waals surface area contributed by atoms with E-state index < -0.39 is 0 Å². The normalized spacial score (nSPS) is 19.0. The fourth-order valence-electron chi connectivity index (χ4n) is 4.00. The van der Waals surface area contributed by atoms with Crippen LogP contribution < -0.4 is 5.73 Å². The molecule has 4 heteroatoms. The van der Waals surface area contributed by atoms with Crippen LogP contribution in [0.3, 0.4) is 0 Å². The van der Waals surface area contributed by atoms with Crippen molar-refractivity contribution in [2.45, 2.75) is 12.8 Å². The number of aryl methyl sites for hydroxylation is 1. The van der Waals surface area contributed by atoms with Crippen molar-refractivity contribution in [1.82, 2.24) is 9.88 Å². The van der Waals surface area contributed by atoms with Crippen LogP contribution >= 0.6 is 0 Å². The predicted molar refractivity (Wildman–Crippen MR) is 112 cm³/mol. The molecule has 28 heavy (non-hydrogen) atoms. The Morgan fingerprint density at radius 3 is 2.50 bits per heavy atom. The maximum absolute atomic E-state index is 13.2. The van der Waals surface area contributed by atoms with Gasteiger partial charge in [0.05, 0.1) is 5.56 Å². The van der Waals surface area contributed by atoms with Crippen LogP contribution in [0.25, 0.3) is 11.1 Å². The van der Waals surface area contributed by atoms with Gasteiger partial charge in [-0.05, 0) is 36.6 Å². The number of benzene rings is 2. The van der Waals surface area contributed by atoms with E-state index in [4.69, 9.17) is 5.73 Å². The van der Waals surface area contributed by atoms with E-state index in [0.29, 0.717) is 25.2 Å². The summed E-state index contributed by atoms with van der Waals surface area (Å²) in [4.78, 5) is 19.4. The van der Waals surface area contributed by atoms with E-state index in [1.54, 1.807) is 12.4 Å². The molecule has 1 aliphatic heterocycles. The van der Waals surface area contributed by atoms with Crippen molar-refractivity contribution in [2.24, 2.45) is 11.7 Å². The topological polar surface area (TPSA) is 59.2 Å². The van der Waals surface area contributed by atoms with Gasteiger partial charge < -0.3 is 10.6 Å². The summed E-state index contributed by atoms with van der Waals surface area (Å²) in [6, 6.07) is 20.6. The molecular formula is C24H25N3O. The van der Waals surface area contributed by atoms with Crippen molar-refractivity contribution in [2.75, 3.05) is 19.6 Å². The lowest BCUT2D eigenvalue weighted by atomic mass is 9.89. The summed E-state index contributed by atoms with van der Waals surface area (Å²) in [6.07, 6.45) is 3.47. The minimum atomic E-state index is 0.0262. The van der Waals surface area contributed by atoms with Crippen molar-refractivity contribution in [3.05, 3.63) is 89.7 Å². The first-order chi connectivity index (χ1) is 13.7. The lowest BCUT2D eigenvalue weighted by Gasteiger charge is -2.17. The molecule has 142 valence electrons. The molecule has 1 amide bonds. The van der Waals surface area contributed by atoms with E-state index in [-0.39, 0.29) is 17.7 Å². The molecule has 1 aliphatic rings. The van der Waals surface area contributed by atoms with Crippen molar-refractivity contribution < 1.29 is 4.79 Å². The molecule has 0 saturated carbocycles. The van der Waals surface area contributed by atoms with E-state index in [9.17, 15) is 4.79 Å². The number of carbonyl (C=O) groups is 1. The average Bonchev–Trinajstić information content (AvgIpc) is 3.19. The van der Waals surface area contributed by atoms with Crippen LogP contribution in [-0.2, 0) is 0 Å². The van der Waals surface area contributed by atoms with Gasteiger partial charge in [-0.15, -0.1) is 0 Å². The van der Waals surface area contributed by atoms with E-state index in [2.05, 4.69) is 48.3 Å². The van der Waals surface area contributed by atoms with E-state index in [0.717, 1.165) is 11.1 Å². The Kier molecular flexibility index (Phi) is 5.22. The minimum absolute atomic E-state index is 0.0262. The summed E-state index contributed by atoms with van der Waals surface area (Å²) in [5, 5.41) is 0. The maximum atomic E-state index is 13.2. The van der Waals surface area contributed by atoms with Crippen molar-refractivity contribution >= 4 is 5.91 Å². The van der Waals surface area contributed by atoms with E-state index in [1.165, 1.54) is 11.1 Å². The molecule has 2 atom stereocenters. The van der Waals surface area contributed by atoms with Crippen LogP contribution in [0.5, 0.6) is 0 Å². The Balaban J connectivity index is 1.56. The Hall–Kier alpha value is -2.98. The molecule has 4 rings (SSSR count). The van der Waals surface area contributed by atoms with Crippen LogP contribution in [-0.4, -0.2) is 35.4 Å². The van der Waals surface area contributed by atoms with Crippen molar-refractivity contribution in [3.8, 4) is 11.1 Å². The third kappa shape index (κ3) is 3.69. The number of carbonyl (C=O) groups excluding carboxylic acids is 1. The minimum Gasteiger partial charge on any atom is -0.338 e. The Bertz CT molecular complexity index is 953. The van der Waals surface area contributed by atoms with Crippen LogP contribution in [0.1, 0.15) is 27.4 Å². The quantitative estimate of drug-likeness (QED) is 0.757. The number of pyridine rings is 1. The molecule has 1 aromatic heterocycles. The van der Waals surface area contributed by atoms with E-state index in [1.807, 2.05) is 29.2 Å². The molecule has 4 nitrogen and oxygen atoms in total. The molecule has 3 aromatic rings. The fourth-order valence-corrected chi connectivity index (χ4v) is 4.00. The first kappa shape index (κ1) is 18.4. The van der Waals surface area contributed by atoms with Gasteiger partial charge in [0.15, 0.2) is 0 Å². The third-order valence-electron chi connectivity index (χ3n) is 5.63. The Morgan fingerprint density at radius 1 is 1.04 bits per heavy atom. The number of amides is 1. The second-order valence-corrected chi connectivity index (χ2v) is 7.55. The summed E-state index contributed by atoms with van der Waals surface area (Å²) >= 11 is 0. The summed E-state index contributed by atoms with van der Waals surface area (Å²) < 4.78 is 0. The first-order valence-electron chi connectivity index (χ1n) is 9.72. The van der Waals surface area contributed by atoms with Gasteiger partial charge in [0.25, 0.3) is 5.91 Å². The summed E-state index contributed by atoms with van der Waals surface area (Å²) in [5.74, 6) is 0.585. The number of nitrogens with two attached hydrogens (primary N) is 1. The van der Waals surface area contributed by atoms with Crippen LogP contribution in [0.15, 0.2) is 73.1 Å². The van der Waals surface area contributed by atoms with Gasteiger partial charge in [0.1, 0.15) is 0 Å². The molecule has 2 aromatic carbocycles. The lowest BCUT2D eigenvalue weighted by Crippen LogP contribution is -2.30. The van der Waals surface area contributed by atoms with Gasteiger partial charge in [0, 0.05) is 37.0 Å². The summed E-state index contributed by atoms with van der Waals surface area (Å²) in [6.45, 7) is 4.01. The highest BCUT2D eigenvalue weighted by molar-refractivity contribution is 5.95. The Labute approximate surface area is 166 Å². The number of aromatic nitrogens is 1. The summed E-state index contributed by atoms with van der Waals surface area (Å²) in [5.41, 5.74) is 11.1. The standard InChI is InChI=1S/C24H25N3O/c1-17-7-9-18(10-8-17)20-11-21(14-26-13-20)24(28)27-15-22(12-25)23(16-27)19-5-3-2-4-6-19/h2-11,13-14,22-23H,12,15-16,25H2,1H3/t22-,23+/m1/s1. The third-order valence-corrected chi connectivity index (χ3v) is 5.63. The van der Waals surface area contributed by atoms with Gasteiger partial charge in [-0.1, -0.05) is 60.2 Å². The molecule has 1 saturated heterocycles. The SMILES string of the molecule is Cc1ccc(-c2cncc(C(=O)N3C[C@@H](CN)[C@H](c4ccccc4)C3)c2)cc1. The lowest BCUT2D eigenvalue weighted by molar-refractivity contribution is 0.0786. The molecule has 2 heterocycles. The molecule has 0 unspecified atom stereocenters. The highest BCUT2D eigenvalue weighted by atomic mass is 16.2. The predicted octanol–water partition coefficient (Wildman–Crippen LogP) is 3.87. The molecule has 0 spiro atoms. The van der Waals surface area contributed by atoms with Gasteiger partial charge >= 0.3 is 0 Å². The van der Waals surface area contributed by atoms with Gasteiger partial charge in [0.2, 0.25) is 0 Å². The highest BCUT2D eigenvalue weighted by Gasteiger charge is 2.35. The average molecular weight is 371 g/mol. The molecule has 1 fully saturated rings. The number of rotatable bonds is 4. The monoisotopic (exact) mass is 371 g/mol. The number of nitrogens with zero attached hydrogens (tertiary/aromatic N) is 2. The zero-order valence-corrected chi connectivity index (χ0v) is 16.1. The molecule has 0 radical (unpaired) electrons.